The Hall–Kier alpha value is -0.860. The predicted octanol–water partition coefficient (Wildman–Crippen LogP) is 1.86. The summed E-state index contributed by atoms with van der Waals surface area (Å²) in [5.74, 6) is -2.46. The average Bonchev–Trinajstić information content (AvgIpc) is 2.01. The first-order valence-electron chi connectivity index (χ1n) is 3.37. The van der Waals surface area contributed by atoms with E-state index in [1.807, 2.05) is 0 Å². The van der Waals surface area contributed by atoms with Crippen molar-refractivity contribution in [3.05, 3.63) is 26.8 Å². The van der Waals surface area contributed by atoms with Crippen molar-refractivity contribution < 1.29 is 18.0 Å². The van der Waals surface area contributed by atoms with Gasteiger partial charge in [0.25, 0.3) is 6.43 Å². The number of primary amides is 1. The maximum atomic E-state index is 12.9. The van der Waals surface area contributed by atoms with Crippen molar-refractivity contribution in [1.29, 1.82) is 0 Å². The lowest BCUT2D eigenvalue weighted by atomic mass is 10.1. The highest BCUT2D eigenvalue weighted by Gasteiger charge is 2.23. The van der Waals surface area contributed by atoms with E-state index in [0.717, 1.165) is 6.07 Å². The average molecular weight is 316 g/mol. The standard InChI is InChI=1S/C7H4F3IN2O/c8-5(9)4-2(7(12)14)1-3(11)13-6(4)10/h1,5H,(H2,12,14). The lowest BCUT2D eigenvalue weighted by Gasteiger charge is -2.06. The molecular formula is C7H4F3IN2O. The minimum Gasteiger partial charge on any atom is -0.366 e. The molecule has 0 saturated carbocycles. The van der Waals surface area contributed by atoms with Crippen LogP contribution in [0.3, 0.4) is 0 Å². The van der Waals surface area contributed by atoms with Crippen molar-refractivity contribution in [2.24, 2.45) is 5.73 Å². The monoisotopic (exact) mass is 316 g/mol. The number of nitrogens with zero attached hydrogens (tertiary/aromatic N) is 1. The summed E-state index contributed by atoms with van der Waals surface area (Å²) >= 11 is 1.60. The van der Waals surface area contributed by atoms with Gasteiger partial charge in [0.05, 0.1) is 11.1 Å². The van der Waals surface area contributed by atoms with E-state index in [4.69, 9.17) is 5.73 Å². The molecule has 0 aliphatic heterocycles. The van der Waals surface area contributed by atoms with Gasteiger partial charge in [0.2, 0.25) is 11.9 Å². The van der Waals surface area contributed by atoms with Gasteiger partial charge in [-0.2, -0.15) is 4.39 Å². The van der Waals surface area contributed by atoms with Crippen molar-refractivity contribution in [1.82, 2.24) is 4.98 Å². The maximum absolute atomic E-state index is 12.9. The number of aromatic nitrogens is 1. The molecule has 1 aromatic rings. The van der Waals surface area contributed by atoms with E-state index < -0.39 is 29.4 Å². The van der Waals surface area contributed by atoms with Crippen molar-refractivity contribution >= 4 is 28.5 Å². The Labute approximate surface area is 90.6 Å². The van der Waals surface area contributed by atoms with Gasteiger partial charge in [-0.15, -0.1) is 0 Å². The van der Waals surface area contributed by atoms with Crippen LogP contribution >= 0.6 is 22.6 Å². The summed E-state index contributed by atoms with van der Waals surface area (Å²) in [6.07, 6.45) is -3.11. The highest BCUT2D eigenvalue weighted by molar-refractivity contribution is 14.1. The SMILES string of the molecule is NC(=O)c1cc(I)nc(F)c1C(F)F. The fourth-order valence-electron chi connectivity index (χ4n) is 0.906. The molecule has 0 radical (unpaired) electrons. The van der Waals surface area contributed by atoms with Gasteiger partial charge in [0, 0.05) is 0 Å². The third kappa shape index (κ3) is 2.14. The van der Waals surface area contributed by atoms with E-state index in [9.17, 15) is 18.0 Å². The summed E-state index contributed by atoms with van der Waals surface area (Å²) in [6.45, 7) is 0. The molecule has 0 aliphatic rings. The molecule has 1 rings (SSSR count). The number of hydrogen-bond acceptors (Lipinski definition) is 2. The zero-order valence-electron chi connectivity index (χ0n) is 6.60. The number of amides is 1. The molecular weight excluding hydrogens is 312 g/mol. The Bertz CT molecular complexity index is 383. The Morgan fingerprint density at radius 2 is 2.14 bits per heavy atom. The summed E-state index contributed by atoms with van der Waals surface area (Å²) in [5, 5.41) is 0. The molecule has 1 heterocycles. The predicted molar refractivity (Wildman–Crippen MR) is 50.4 cm³/mol. The van der Waals surface area contributed by atoms with Crippen molar-refractivity contribution in [3.8, 4) is 0 Å². The van der Waals surface area contributed by atoms with Gasteiger partial charge in [0.15, 0.2) is 0 Å². The van der Waals surface area contributed by atoms with Crippen molar-refractivity contribution in [2.45, 2.75) is 6.43 Å². The number of hydrogen-bond donors (Lipinski definition) is 1. The summed E-state index contributed by atoms with van der Waals surface area (Å²) in [7, 11) is 0. The van der Waals surface area contributed by atoms with Crippen LogP contribution < -0.4 is 5.73 Å². The van der Waals surface area contributed by atoms with Gasteiger partial charge >= 0.3 is 0 Å². The fourth-order valence-corrected chi connectivity index (χ4v) is 1.43. The zero-order valence-corrected chi connectivity index (χ0v) is 8.76. The number of carbonyl (C=O) groups is 1. The van der Waals surface area contributed by atoms with Gasteiger partial charge in [-0.05, 0) is 28.7 Å². The van der Waals surface area contributed by atoms with Crippen LogP contribution in [0.25, 0.3) is 0 Å². The van der Waals surface area contributed by atoms with Crippen LogP contribution in [0.4, 0.5) is 13.2 Å². The number of pyridine rings is 1. The summed E-state index contributed by atoms with van der Waals surface area (Å²) < 4.78 is 37.6. The van der Waals surface area contributed by atoms with E-state index >= 15 is 0 Å². The minimum absolute atomic E-state index is 0.0956. The van der Waals surface area contributed by atoms with Crippen LogP contribution in [0, 0.1) is 9.65 Å². The van der Waals surface area contributed by atoms with E-state index in [-0.39, 0.29) is 3.70 Å². The smallest absolute Gasteiger partial charge is 0.269 e. The second-order valence-corrected chi connectivity index (χ2v) is 3.47. The number of nitrogens with two attached hydrogens (primary N) is 1. The Morgan fingerprint density at radius 3 is 2.57 bits per heavy atom. The Balaban J connectivity index is 3.44. The summed E-state index contributed by atoms with van der Waals surface area (Å²) in [4.78, 5) is 13.9. The van der Waals surface area contributed by atoms with Gasteiger partial charge in [0.1, 0.15) is 3.70 Å². The largest absolute Gasteiger partial charge is 0.366 e. The molecule has 0 fully saturated rings. The van der Waals surface area contributed by atoms with Gasteiger partial charge in [-0.3, -0.25) is 4.79 Å². The third-order valence-corrected chi connectivity index (χ3v) is 2.02. The normalized spacial score (nSPS) is 10.6. The molecule has 14 heavy (non-hydrogen) atoms. The highest BCUT2D eigenvalue weighted by Crippen LogP contribution is 2.25. The molecule has 0 unspecified atom stereocenters. The van der Waals surface area contributed by atoms with Gasteiger partial charge in [-0.25, -0.2) is 13.8 Å². The van der Waals surface area contributed by atoms with Gasteiger partial charge in [-0.1, -0.05) is 0 Å². The number of rotatable bonds is 2. The molecule has 2 N–H and O–H groups in total. The number of alkyl halides is 2. The molecule has 7 heteroatoms. The van der Waals surface area contributed by atoms with Crippen molar-refractivity contribution in [3.63, 3.8) is 0 Å². The molecule has 76 valence electrons. The zero-order chi connectivity index (χ0) is 10.9. The minimum atomic E-state index is -3.11. The maximum Gasteiger partial charge on any atom is 0.269 e. The Kier molecular flexibility index (Phi) is 3.29. The van der Waals surface area contributed by atoms with Gasteiger partial charge < -0.3 is 5.73 Å². The van der Waals surface area contributed by atoms with Crippen LogP contribution in [-0.4, -0.2) is 10.9 Å². The van der Waals surface area contributed by atoms with Crippen molar-refractivity contribution in [2.75, 3.05) is 0 Å². The number of halogens is 4. The second-order valence-electron chi connectivity index (χ2n) is 2.36. The van der Waals surface area contributed by atoms with Crippen LogP contribution in [0.1, 0.15) is 22.3 Å². The molecule has 3 nitrogen and oxygen atoms in total. The molecule has 1 amide bonds. The molecule has 0 aliphatic carbocycles. The Morgan fingerprint density at radius 1 is 1.57 bits per heavy atom. The second kappa shape index (κ2) is 4.11. The molecule has 1 aromatic heterocycles. The van der Waals surface area contributed by atoms with Crippen LogP contribution in [0.5, 0.6) is 0 Å². The van der Waals surface area contributed by atoms with Crippen LogP contribution in [-0.2, 0) is 0 Å². The van der Waals surface area contributed by atoms with E-state index in [0.29, 0.717) is 0 Å². The number of carbonyl (C=O) groups excluding carboxylic acids is 1. The molecule has 0 bridgehead atoms. The molecule has 0 saturated heterocycles. The van der Waals surface area contributed by atoms with Crippen LogP contribution in [0.2, 0.25) is 0 Å². The topological polar surface area (TPSA) is 56.0 Å². The first-order valence-corrected chi connectivity index (χ1v) is 4.45. The van der Waals surface area contributed by atoms with E-state index in [2.05, 4.69) is 4.98 Å². The molecule has 0 atom stereocenters. The highest BCUT2D eigenvalue weighted by atomic mass is 127. The molecule has 0 spiro atoms. The van der Waals surface area contributed by atoms with Crippen LogP contribution in [0.15, 0.2) is 6.07 Å². The fraction of sp³-hybridized carbons (Fsp3) is 0.143. The lowest BCUT2D eigenvalue weighted by Crippen LogP contribution is -2.16. The quantitative estimate of drug-likeness (QED) is 0.669. The third-order valence-electron chi connectivity index (χ3n) is 1.46. The van der Waals surface area contributed by atoms with E-state index in [1.54, 1.807) is 22.6 Å². The first kappa shape index (κ1) is 11.2. The van der Waals surface area contributed by atoms with E-state index in [1.165, 1.54) is 0 Å². The lowest BCUT2D eigenvalue weighted by molar-refractivity contribution is 0.0981. The summed E-state index contributed by atoms with van der Waals surface area (Å²) in [5.41, 5.74) is 3.25. The first-order chi connectivity index (χ1) is 6.43. The molecule has 0 aromatic carbocycles. The summed E-state index contributed by atoms with van der Waals surface area (Å²) in [6, 6.07) is 1.02.